The molecule has 0 saturated carbocycles. The number of ether oxygens (including phenoxy) is 1. The lowest BCUT2D eigenvalue weighted by molar-refractivity contribution is -0.274. The second-order valence-corrected chi connectivity index (χ2v) is 6.10. The van der Waals surface area contributed by atoms with E-state index in [4.69, 9.17) is 5.73 Å². The summed E-state index contributed by atoms with van der Waals surface area (Å²) in [5.74, 6) is -0.111. The molecule has 148 valence electrons. The van der Waals surface area contributed by atoms with Crippen molar-refractivity contribution in [3.05, 3.63) is 41.2 Å². The van der Waals surface area contributed by atoms with Crippen LogP contribution in [0.15, 0.2) is 29.3 Å². The van der Waals surface area contributed by atoms with Crippen LogP contribution >= 0.6 is 24.0 Å². The van der Waals surface area contributed by atoms with Gasteiger partial charge in [-0.1, -0.05) is 0 Å². The number of aromatic nitrogens is 2. The van der Waals surface area contributed by atoms with Crippen LogP contribution in [0.5, 0.6) is 5.75 Å². The fraction of sp³-hybridized carbons (Fsp3) is 0.412. The van der Waals surface area contributed by atoms with Gasteiger partial charge < -0.3 is 15.8 Å². The average Bonchev–Trinajstić information content (AvgIpc) is 2.89. The summed E-state index contributed by atoms with van der Waals surface area (Å²) in [6, 6.07) is 5.30. The minimum absolute atomic E-state index is 0. The van der Waals surface area contributed by atoms with Crippen LogP contribution in [0.1, 0.15) is 29.8 Å². The van der Waals surface area contributed by atoms with Gasteiger partial charge in [-0.15, -0.1) is 37.1 Å². The lowest BCUT2D eigenvalue weighted by Gasteiger charge is -2.11. The number of nitrogens with zero attached hydrogens (tertiary/aromatic N) is 3. The number of fused-ring (bicyclic) bond motifs is 1. The number of aliphatic imine (C=N–C) groups is 1. The van der Waals surface area contributed by atoms with E-state index in [1.165, 1.54) is 29.8 Å². The maximum Gasteiger partial charge on any atom is 0.573 e. The monoisotopic (exact) mass is 495 g/mol. The minimum Gasteiger partial charge on any atom is -0.406 e. The SMILES string of the molecule is Cn1nc2c(c1CN=C(N)Nc1ccc(OC(F)(F)F)cc1)CCCC2.I. The standard InChI is InChI=1S/C17H20F3N5O.HI/c1-25-15(13-4-2-3-5-14(13)24-25)10-22-16(21)23-11-6-8-12(9-7-11)26-17(18,19)20;/h6-9H,2-5,10H2,1H3,(H3,21,22,23);1H. The number of aryl methyl sites for hydroxylation is 2. The first-order valence-corrected chi connectivity index (χ1v) is 8.28. The molecule has 1 aromatic carbocycles. The normalized spacial score (nSPS) is 14.3. The lowest BCUT2D eigenvalue weighted by atomic mass is 9.96. The molecule has 0 amide bonds. The van der Waals surface area contributed by atoms with E-state index in [1.54, 1.807) is 0 Å². The quantitative estimate of drug-likeness (QED) is 0.385. The van der Waals surface area contributed by atoms with Gasteiger partial charge in [0.05, 0.1) is 17.9 Å². The van der Waals surface area contributed by atoms with Gasteiger partial charge in [-0.05, 0) is 55.5 Å². The first kappa shape index (κ1) is 21.3. The molecule has 1 aliphatic rings. The molecule has 1 aromatic heterocycles. The van der Waals surface area contributed by atoms with Gasteiger partial charge in [0.15, 0.2) is 5.96 Å². The number of halogens is 4. The van der Waals surface area contributed by atoms with Crippen LogP contribution in [0, 0.1) is 0 Å². The third-order valence-corrected chi connectivity index (χ3v) is 4.21. The predicted octanol–water partition coefficient (Wildman–Crippen LogP) is 3.74. The predicted molar refractivity (Wildman–Crippen MR) is 107 cm³/mol. The maximum atomic E-state index is 12.2. The third kappa shape index (κ3) is 5.75. The van der Waals surface area contributed by atoms with Gasteiger partial charge in [0.1, 0.15) is 5.75 Å². The highest BCUT2D eigenvalue weighted by atomic mass is 127. The summed E-state index contributed by atoms with van der Waals surface area (Å²) in [5.41, 5.74) is 9.84. The Morgan fingerprint density at radius 2 is 1.93 bits per heavy atom. The van der Waals surface area contributed by atoms with E-state index in [2.05, 4.69) is 20.1 Å². The van der Waals surface area contributed by atoms with Crippen molar-refractivity contribution in [2.75, 3.05) is 5.32 Å². The first-order valence-electron chi connectivity index (χ1n) is 8.28. The van der Waals surface area contributed by atoms with Crippen molar-refractivity contribution in [1.82, 2.24) is 9.78 Å². The first-order chi connectivity index (χ1) is 12.3. The molecule has 3 N–H and O–H groups in total. The van der Waals surface area contributed by atoms with Gasteiger partial charge in [0.25, 0.3) is 0 Å². The molecule has 0 aliphatic heterocycles. The summed E-state index contributed by atoms with van der Waals surface area (Å²) in [4.78, 5) is 4.32. The average molecular weight is 495 g/mol. The van der Waals surface area contributed by atoms with Crippen molar-refractivity contribution in [2.45, 2.75) is 38.6 Å². The molecule has 0 unspecified atom stereocenters. The van der Waals surface area contributed by atoms with Crippen LogP contribution in [0.25, 0.3) is 0 Å². The van der Waals surface area contributed by atoms with Crippen LogP contribution in [0.3, 0.4) is 0 Å². The Labute approximate surface area is 172 Å². The molecule has 3 rings (SSSR count). The molecule has 6 nitrogen and oxygen atoms in total. The largest absolute Gasteiger partial charge is 0.573 e. The van der Waals surface area contributed by atoms with Crippen molar-refractivity contribution in [3.8, 4) is 5.75 Å². The number of alkyl halides is 3. The highest BCUT2D eigenvalue weighted by Crippen LogP contribution is 2.25. The van der Waals surface area contributed by atoms with Crippen LogP contribution in [-0.2, 0) is 26.4 Å². The Bertz CT molecular complexity index is 802. The second kappa shape index (κ2) is 8.81. The van der Waals surface area contributed by atoms with Crippen LogP contribution in [0.4, 0.5) is 18.9 Å². The molecule has 0 atom stereocenters. The number of nitrogens with two attached hydrogens (primary N) is 1. The molecule has 1 heterocycles. The number of anilines is 1. The Morgan fingerprint density at radius 1 is 1.26 bits per heavy atom. The smallest absolute Gasteiger partial charge is 0.406 e. The summed E-state index contributed by atoms with van der Waals surface area (Å²) in [6.07, 6.45) is -0.410. The number of hydrogen-bond acceptors (Lipinski definition) is 3. The van der Waals surface area contributed by atoms with E-state index < -0.39 is 6.36 Å². The summed E-state index contributed by atoms with van der Waals surface area (Å²) < 4.78 is 42.1. The number of hydrogen-bond donors (Lipinski definition) is 2. The van der Waals surface area contributed by atoms with Gasteiger partial charge in [-0.2, -0.15) is 5.10 Å². The van der Waals surface area contributed by atoms with Gasteiger partial charge in [0.2, 0.25) is 0 Å². The molecule has 0 saturated heterocycles. The van der Waals surface area contributed by atoms with Gasteiger partial charge in [-0.25, -0.2) is 4.99 Å². The van der Waals surface area contributed by atoms with E-state index in [9.17, 15) is 13.2 Å². The van der Waals surface area contributed by atoms with Crippen molar-refractivity contribution in [3.63, 3.8) is 0 Å². The number of benzene rings is 1. The molecule has 2 aromatic rings. The Balaban J connectivity index is 0.00000261. The van der Waals surface area contributed by atoms with Crippen molar-refractivity contribution < 1.29 is 17.9 Å². The van der Waals surface area contributed by atoms with Crippen molar-refractivity contribution in [2.24, 2.45) is 17.8 Å². The van der Waals surface area contributed by atoms with Crippen molar-refractivity contribution >= 4 is 35.6 Å². The third-order valence-electron chi connectivity index (χ3n) is 4.21. The van der Waals surface area contributed by atoms with Gasteiger partial charge in [-0.3, -0.25) is 4.68 Å². The van der Waals surface area contributed by atoms with E-state index in [1.807, 2.05) is 11.7 Å². The van der Waals surface area contributed by atoms with Gasteiger partial charge in [0, 0.05) is 12.7 Å². The maximum absolute atomic E-state index is 12.2. The number of guanidine groups is 1. The van der Waals surface area contributed by atoms with E-state index in [0.717, 1.165) is 37.1 Å². The zero-order chi connectivity index (χ0) is 18.7. The minimum atomic E-state index is -4.71. The number of rotatable bonds is 4. The number of nitrogens with one attached hydrogen (secondary N) is 1. The Morgan fingerprint density at radius 3 is 2.59 bits per heavy atom. The highest BCUT2D eigenvalue weighted by Gasteiger charge is 2.30. The zero-order valence-electron chi connectivity index (χ0n) is 14.7. The molecule has 27 heavy (non-hydrogen) atoms. The van der Waals surface area contributed by atoms with Gasteiger partial charge >= 0.3 is 6.36 Å². The van der Waals surface area contributed by atoms with Crippen LogP contribution < -0.4 is 15.8 Å². The highest BCUT2D eigenvalue weighted by molar-refractivity contribution is 14.0. The van der Waals surface area contributed by atoms with Crippen molar-refractivity contribution in [1.29, 1.82) is 0 Å². The molecular weight excluding hydrogens is 474 g/mol. The molecular formula is C17H21F3IN5O. The van der Waals surface area contributed by atoms with Crippen LogP contribution in [0.2, 0.25) is 0 Å². The molecule has 0 radical (unpaired) electrons. The lowest BCUT2D eigenvalue weighted by Crippen LogP contribution is -2.23. The Kier molecular flexibility index (Phi) is 6.95. The Hall–Kier alpha value is -1.98. The van der Waals surface area contributed by atoms with E-state index in [-0.39, 0.29) is 35.7 Å². The summed E-state index contributed by atoms with van der Waals surface area (Å²) in [7, 11) is 1.90. The van der Waals surface area contributed by atoms with Crippen LogP contribution in [-0.4, -0.2) is 22.1 Å². The summed E-state index contributed by atoms with van der Waals surface area (Å²) in [5, 5.41) is 7.39. The molecule has 1 aliphatic carbocycles. The topological polar surface area (TPSA) is 77.5 Å². The molecule has 0 spiro atoms. The zero-order valence-corrected chi connectivity index (χ0v) is 17.0. The summed E-state index contributed by atoms with van der Waals surface area (Å²) >= 11 is 0. The summed E-state index contributed by atoms with van der Waals surface area (Å²) in [6.45, 7) is 0.396. The molecule has 10 heteroatoms. The van der Waals surface area contributed by atoms with E-state index >= 15 is 0 Å². The molecule has 0 bridgehead atoms. The molecule has 0 fully saturated rings. The second-order valence-electron chi connectivity index (χ2n) is 6.10. The fourth-order valence-electron chi connectivity index (χ4n) is 3.03. The fourth-order valence-corrected chi connectivity index (χ4v) is 3.03. The van der Waals surface area contributed by atoms with E-state index in [0.29, 0.717) is 12.2 Å².